The molecule has 0 bridgehead atoms. The number of nitrogens with two attached hydrogens (primary N) is 1. The molecule has 0 aliphatic carbocycles. The van der Waals surface area contributed by atoms with Crippen LogP contribution in [0.15, 0.2) is 9.59 Å². The van der Waals surface area contributed by atoms with E-state index < -0.39 is 11.2 Å². The van der Waals surface area contributed by atoms with E-state index in [9.17, 15) is 14.4 Å². The van der Waals surface area contributed by atoms with E-state index in [0.29, 0.717) is 12.8 Å². The van der Waals surface area contributed by atoms with E-state index in [1.165, 1.54) is 4.57 Å². The molecule has 0 saturated carbocycles. The lowest BCUT2D eigenvalue weighted by Crippen LogP contribution is -2.35. The van der Waals surface area contributed by atoms with Gasteiger partial charge in [0.1, 0.15) is 11.4 Å². The number of nitrogens with one attached hydrogen (secondary N) is 1. The fraction of sp³-hybridized carbons (Fsp3) is 0.444. The summed E-state index contributed by atoms with van der Waals surface area (Å²) in [5.41, 5.74) is 4.03. The molecule has 0 atom stereocenters. The maximum atomic E-state index is 11.4. The predicted octanol–water partition coefficient (Wildman–Crippen LogP) is -0.413. The third kappa shape index (κ3) is 2.15. The molecule has 0 spiro atoms. The van der Waals surface area contributed by atoms with Gasteiger partial charge in [-0.05, 0) is 5.92 Å². The molecule has 0 aromatic carbocycles. The lowest BCUT2D eigenvalue weighted by atomic mass is 10.2. The average Bonchev–Trinajstić information content (AvgIpc) is 2.12. The first-order valence-electron chi connectivity index (χ1n) is 4.55. The van der Waals surface area contributed by atoms with Crippen molar-refractivity contribution in [3.63, 3.8) is 0 Å². The Morgan fingerprint density at radius 3 is 2.53 bits per heavy atom. The highest BCUT2D eigenvalue weighted by atomic mass is 16.2. The van der Waals surface area contributed by atoms with E-state index in [1.54, 1.807) is 0 Å². The Balaban J connectivity index is 3.46. The molecule has 0 saturated heterocycles. The fourth-order valence-corrected chi connectivity index (χ4v) is 1.26. The van der Waals surface area contributed by atoms with Gasteiger partial charge in [-0.15, -0.1) is 0 Å². The van der Waals surface area contributed by atoms with Crippen LogP contribution in [-0.2, 0) is 6.54 Å². The van der Waals surface area contributed by atoms with Crippen molar-refractivity contribution in [1.82, 2.24) is 9.55 Å². The van der Waals surface area contributed by atoms with Crippen molar-refractivity contribution in [3.05, 3.63) is 26.4 Å². The summed E-state index contributed by atoms with van der Waals surface area (Å²) in [5.74, 6) is 0.114. The molecule has 82 valence electrons. The van der Waals surface area contributed by atoms with Crippen LogP contribution in [-0.4, -0.2) is 15.8 Å². The number of rotatable bonds is 3. The van der Waals surface area contributed by atoms with Crippen molar-refractivity contribution in [2.24, 2.45) is 5.92 Å². The number of carbonyl (C=O) groups excluding carboxylic acids is 1. The smallest absolute Gasteiger partial charge is 0.329 e. The van der Waals surface area contributed by atoms with Gasteiger partial charge in [0.15, 0.2) is 6.29 Å². The van der Waals surface area contributed by atoms with E-state index in [2.05, 4.69) is 0 Å². The second kappa shape index (κ2) is 4.12. The van der Waals surface area contributed by atoms with Gasteiger partial charge in [-0.25, -0.2) is 4.79 Å². The Kier molecular flexibility index (Phi) is 3.08. The van der Waals surface area contributed by atoms with Crippen LogP contribution >= 0.6 is 0 Å². The number of H-pyrrole nitrogens is 1. The number of hydrogen-bond donors (Lipinski definition) is 2. The summed E-state index contributed by atoms with van der Waals surface area (Å²) < 4.78 is 1.19. The third-order valence-electron chi connectivity index (χ3n) is 1.94. The molecule has 6 heteroatoms. The molecule has 3 N–H and O–H groups in total. The van der Waals surface area contributed by atoms with Crippen molar-refractivity contribution in [2.45, 2.75) is 20.4 Å². The summed E-state index contributed by atoms with van der Waals surface area (Å²) in [6.45, 7) is 4.16. The molecule has 0 fully saturated rings. The van der Waals surface area contributed by atoms with E-state index in [-0.39, 0.29) is 17.3 Å². The molecule has 1 rings (SSSR count). The predicted molar refractivity (Wildman–Crippen MR) is 56.0 cm³/mol. The van der Waals surface area contributed by atoms with E-state index in [0.717, 1.165) is 0 Å². The Morgan fingerprint density at radius 2 is 2.07 bits per heavy atom. The first kappa shape index (κ1) is 11.2. The summed E-state index contributed by atoms with van der Waals surface area (Å²) in [4.78, 5) is 35.2. The first-order chi connectivity index (χ1) is 6.97. The van der Waals surface area contributed by atoms with Crippen molar-refractivity contribution >= 4 is 12.1 Å². The molecule has 1 heterocycles. The maximum Gasteiger partial charge on any atom is 0.329 e. The number of hydrogen-bond acceptors (Lipinski definition) is 4. The van der Waals surface area contributed by atoms with Crippen LogP contribution in [0.25, 0.3) is 0 Å². The van der Waals surface area contributed by atoms with Gasteiger partial charge in [-0.3, -0.25) is 19.1 Å². The number of aldehydes is 1. The van der Waals surface area contributed by atoms with Gasteiger partial charge in [-0.1, -0.05) is 13.8 Å². The number of nitrogens with zero attached hydrogens (tertiary/aromatic N) is 1. The fourth-order valence-electron chi connectivity index (χ4n) is 1.26. The Hall–Kier alpha value is -1.85. The Labute approximate surface area is 85.7 Å². The van der Waals surface area contributed by atoms with Crippen molar-refractivity contribution in [3.8, 4) is 0 Å². The van der Waals surface area contributed by atoms with E-state index in [1.807, 2.05) is 18.8 Å². The molecule has 1 aromatic heterocycles. The Morgan fingerprint density at radius 1 is 1.47 bits per heavy atom. The Bertz CT molecular complexity index is 484. The van der Waals surface area contributed by atoms with Crippen molar-refractivity contribution < 1.29 is 4.79 Å². The van der Waals surface area contributed by atoms with Gasteiger partial charge in [-0.2, -0.15) is 0 Å². The number of aromatic nitrogens is 2. The summed E-state index contributed by atoms with van der Waals surface area (Å²) >= 11 is 0. The zero-order valence-electron chi connectivity index (χ0n) is 8.61. The molecule has 0 radical (unpaired) electrons. The molecule has 15 heavy (non-hydrogen) atoms. The van der Waals surface area contributed by atoms with Gasteiger partial charge in [0.2, 0.25) is 0 Å². The number of carbonyl (C=O) groups is 1. The van der Waals surface area contributed by atoms with Gasteiger partial charge >= 0.3 is 5.69 Å². The van der Waals surface area contributed by atoms with Crippen molar-refractivity contribution in [2.75, 3.05) is 5.73 Å². The first-order valence-corrected chi connectivity index (χ1v) is 4.55. The molecular formula is C9H13N3O3. The molecule has 0 aliphatic rings. The van der Waals surface area contributed by atoms with Crippen LogP contribution < -0.4 is 17.0 Å². The minimum Gasteiger partial charge on any atom is -0.384 e. The highest BCUT2D eigenvalue weighted by Gasteiger charge is 2.11. The third-order valence-corrected chi connectivity index (χ3v) is 1.94. The monoisotopic (exact) mass is 211 g/mol. The zero-order chi connectivity index (χ0) is 11.6. The van der Waals surface area contributed by atoms with Crippen LogP contribution in [0.5, 0.6) is 0 Å². The highest BCUT2D eigenvalue weighted by molar-refractivity contribution is 5.80. The topological polar surface area (TPSA) is 97.9 Å². The van der Waals surface area contributed by atoms with Crippen LogP contribution in [0.1, 0.15) is 24.2 Å². The van der Waals surface area contributed by atoms with Crippen LogP contribution in [0, 0.1) is 5.92 Å². The lowest BCUT2D eigenvalue weighted by Gasteiger charge is -2.11. The molecule has 6 nitrogen and oxygen atoms in total. The number of aromatic amines is 1. The maximum absolute atomic E-state index is 11.4. The summed E-state index contributed by atoms with van der Waals surface area (Å²) in [5, 5.41) is 0. The van der Waals surface area contributed by atoms with E-state index >= 15 is 0 Å². The second-order valence-corrected chi connectivity index (χ2v) is 3.68. The minimum atomic E-state index is -0.743. The second-order valence-electron chi connectivity index (χ2n) is 3.68. The van der Waals surface area contributed by atoms with Crippen LogP contribution in [0.3, 0.4) is 0 Å². The molecular weight excluding hydrogens is 198 g/mol. The molecule has 0 amide bonds. The molecule has 0 unspecified atom stereocenters. The standard InChI is InChI=1S/C9H13N3O3/c1-5(2)3-12-7(10)6(4-13)8(14)11-9(12)15/h4-5H,3,10H2,1-2H3,(H,11,14,15). The lowest BCUT2D eigenvalue weighted by molar-refractivity contribution is 0.112. The SMILES string of the molecule is CC(C)Cn1c(N)c(C=O)c(=O)[nH]c1=O. The van der Waals surface area contributed by atoms with Gasteiger partial charge < -0.3 is 5.73 Å². The summed E-state index contributed by atoms with van der Waals surface area (Å²) in [7, 11) is 0. The quantitative estimate of drug-likeness (QED) is 0.664. The summed E-state index contributed by atoms with van der Waals surface area (Å²) in [6.07, 6.45) is 0.352. The highest BCUT2D eigenvalue weighted by Crippen LogP contribution is 2.04. The minimum absolute atomic E-state index is 0.0764. The van der Waals surface area contributed by atoms with Crippen molar-refractivity contribution in [1.29, 1.82) is 0 Å². The molecule has 0 aliphatic heterocycles. The van der Waals surface area contributed by atoms with Crippen LogP contribution in [0.4, 0.5) is 5.82 Å². The van der Waals surface area contributed by atoms with Gasteiger partial charge in [0.05, 0.1) is 0 Å². The molecule has 1 aromatic rings. The van der Waals surface area contributed by atoms with Gasteiger partial charge in [0.25, 0.3) is 5.56 Å². The van der Waals surface area contributed by atoms with Gasteiger partial charge in [0, 0.05) is 6.54 Å². The average molecular weight is 211 g/mol. The summed E-state index contributed by atoms with van der Waals surface area (Å²) in [6, 6.07) is 0. The zero-order valence-corrected chi connectivity index (χ0v) is 8.61. The van der Waals surface area contributed by atoms with Crippen LogP contribution in [0.2, 0.25) is 0 Å². The van der Waals surface area contributed by atoms with E-state index in [4.69, 9.17) is 5.73 Å². The largest absolute Gasteiger partial charge is 0.384 e. The normalized spacial score (nSPS) is 10.6. The number of nitrogen functional groups attached to an aromatic ring is 1. The number of anilines is 1.